The fraction of sp³-hybridized carbons (Fsp3) is 0.200. The number of anilines is 1. The van der Waals surface area contributed by atoms with Crippen LogP contribution in [0.15, 0.2) is 30.7 Å². The summed E-state index contributed by atoms with van der Waals surface area (Å²) in [4.78, 5) is 4.04. The zero-order valence-electron chi connectivity index (χ0n) is 8.51. The molecule has 2 rings (SSSR count). The van der Waals surface area contributed by atoms with Gasteiger partial charge in [-0.25, -0.2) is 10.8 Å². The van der Waals surface area contributed by atoms with Gasteiger partial charge in [-0.15, -0.1) is 0 Å². The van der Waals surface area contributed by atoms with Crippen LogP contribution in [0, 0.1) is 6.92 Å². The predicted octanol–water partition coefficient (Wildman–Crippen LogP) is 0.920. The molecule has 5 heteroatoms. The molecule has 0 aromatic carbocycles. The molecule has 0 saturated carbocycles. The van der Waals surface area contributed by atoms with Crippen molar-refractivity contribution in [1.82, 2.24) is 14.8 Å². The van der Waals surface area contributed by atoms with Crippen molar-refractivity contribution in [2.45, 2.75) is 13.5 Å². The average molecular weight is 203 g/mol. The lowest BCUT2D eigenvalue weighted by molar-refractivity contribution is 0.686. The number of nitrogens with two attached hydrogens (primary N) is 1. The van der Waals surface area contributed by atoms with Crippen molar-refractivity contribution < 1.29 is 0 Å². The van der Waals surface area contributed by atoms with E-state index in [1.807, 2.05) is 36.1 Å². The SMILES string of the molecule is Cc1cnn(Cc2ccnc(NN)c2)c1. The molecule has 0 aliphatic carbocycles. The summed E-state index contributed by atoms with van der Waals surface area (Å²) in [5, 5.41) is 4.21. The maximum absolute atomic E-state index is 5.28. The summed E-state index contributed by atoms with van der Waals surface area (Å²) in [6.07, 6.45) is 5.56. The van der Waals surface area contributed by atoms with E-state index >= 15 is 0 Å². The van der Waals surface area contributed by atoms with Gasteiger partial charge >= 0.3 is 0 Å². The van der Waals surface area contributed by atoms with Gasteiger partial charge in [0.15, 0.2) is 0 Å². The summed E-state index contributed by atoms with van der Waals surface area (Å²) in [5.74, 6) is 5.94. The summed E-state index contributed by atoms with van der Waals surface area (Å²) in [6, 6.07) is 3.84. The van der Waals surface area contributed by atoms with Gasteiger partial charge in [-0.3, -0.25) is 4.68 Å². The van der Waals surface area contributed by atoms with Crippen LogP contribution in [-0.2, 0) is 6.54 Å². The molecular formula is C10H13N5. The Bertz CT molecular complexity index is 449. The summed E-state index contributed by atoms with van der Waals surface area (Å²) in [5.41, 5.74) is 4.78. The second kappa shape index (κ2) is 4.10. The maximum Gasteiger partial charge on any atom is 0.140 e. The fourth-order valence-electron chi connectivity index (χ4n) is 1.39. The number of pyridine rings is 1. The molecule has 0 bridgehead atoms. The molecule has 0 radical (unpaired) electrons. The highest BCUT2D eigenvalue weighted by Crippen LogP contribution is 2.07. The van der Waals surface area contributed by atoms with E-state index in [-0.39, 0.29) is 0 Å². The van der Waals surface area contributed by atoms with E-state index in [1.54, 1.807) is 6.20 Å². The third-order valence-corrected chi connectivity index (χ3v) is 2.08. The molecule has 0 amide bonds. The van der Waals surface area contributed by atoms with Crippen LogP contribution in [0.4, 0.5) is 5.82 Å². The molecular weight excluding hydrogens is 190 g/mol. The van der Waals surface area contributed by atoms with Gasteiger partial charge in [0, 0.05) is 12.4 Å². The van der Waals surface area contributed by atoms with Gasteiger partial charge in [0.05, 0.1) is 12.7 Å². The first-order valence-electron chi connectivity index (χ1n) is 4.68. The molecule has 0 saturated heterocycles. The van der Waals surface area contributed by atoms with E-state index < -0.39 is 0 Å². The molecule has 2 aromatic heterocycles. The molecule has 2 aromatic rings. The van der Waals surface area contributed by atoms with Crippen LogP contribution in [0.25, 0.3) is 0 Å². The van der Waals surface area contributed by atoms with Crippen LogP contribution in [0.5, 0.6) is 0 Å². The highest BCUT2D eigenvalue weighted by molar-refractivity contribution is 5.35. The lowest BCUT2D eigenvalue weighted by atomic mass is 10.2. The van der Waals surface area contributed by atoms with Gasteiger partial charge in [-0.2, -0.15) is 5.10 Å². The van der Waals surface area contributed by atoms with Crippen LogP contribution in [-0.4, -0.2) is 14.8 Å². The van der Waals surface area contributed by atoms with Crippen molar-refractivity contribution in [3.05, 3.63) is 41.9 Å². The Morgan fingerprint density at radius 3 is 3.07 bits per heavy atom. The Kier molecular flexibility index (Phi) is 2.64. The second-order valence-corrected chi connectivity index (χ2v) is 3.41. The zero-order chi connectivity index (χ0) is 10.7. The van der Waals surface area contributed by atoms with E-state index in [0.29, 0.717) is 5.82 Å². The smallest absolute Gasteiger partial charge is 0.140 e. The van der Waals surface area contributed by atoms with Crippen molar-refractivity contribution in [2.75, 3.05) is 5.43 Å². The summed E-state index contributed by atoms with van der Waals surface area (Å²) in [7, 11) is 0. The van der Waals surface area contributed by atoms with E-state index in [2.05, 4.69) is 15.5 Å². The highest BCUT2D eigenvalue weighted by atomic mass is 15.3. The van der Waals surface area contributed by atoms with Crippen LogP contribution < -0.4 is 11.3 Å². The lowest BCUT2D eigenvalue weighted by Gasteiger charge is -2.03. The average Bonchev–Trinajstić information content (AvgIpc) is 2.64. The van der Waals surface area contributed by atoms with Crippen LogP contribution in [0.1, 0.15) is 11.1 Å². The summed E-state index contributed by atoms with van der Waals surface area (Å²) >= 11 is 0. The minimum Gasteiger partial charge on any atom is -0.308 e. The van der Waals surface area contributed by atoms with Gasteiger partial charge in [-0.1, -0.05) is 0 Å². The molecule has 5 nitrogen and oxygen atoms in total. The molecule has 0 spiro atoms. The van der Waals surface area contributed by atoms with Crippen molar-refractivity contribution in [1.29, 1.82) is 0 Å². The molecule has 78 valence electrons. The van der Waals surface area contributed by atoms with Gasteiger partial charge < -0.3 is 5.43 Å². The molecule has 0 unspecified atom stereocenters. The molecule has 3 N–H and O–H groups in total. The van der Waals surface area contributed by atoms with Crippen LogP contribution in [0.2, 0.25) is 0 Å². The number of hydrogen-bond acceptors (Lipinski definition) is 4. The molecule has 15 heavy (non-hydrogen) atoms. The predicted molar refractivity (Wildman–Crippen MR) is 58.1 cm³/mol. The van der Waals surface area contributed by atoms with Crippen LogP contribution >= 0.6 is 0 Å². The van der Waals surface area contributed by atoms with E-state index in [4.69, 9.17) is 5.84 Å². The standard InChI is InChI=1S/C10H13N5/c1-8-5-13-15(6-8)7-9-2-3-12-10(4-9)14-11/h2-6H,7,11H2,1H3,(H,12,14). The van der Waals surface area contributed by atoms with Gasteiger partial charge in [0.25, 0.3) is 0 Å². The Balaban J connectivity index is 2.16. The first-order valence-corrected chi connectivity index (χ1v) is 4.68. The molecule has 0 fully saturated rings. The monoisotopic (exact) mass is 203 g/mol. The fourth-order valence-corrected chi connectivity index (χ4v) is 1.39. The van der Waals surface area contributed by atoms with Crippen molar-refractivity contribution >= 4 is 5.82 Å². The van der Waals surface area contributed by atoms with E-state index in [0.717, 1.165) is 17.7 Å². The first-order chi connectivity index (χ1) is 7.28. The van der Waals surface area contributed by atoms with Crippen molar-refractivity contribution in [2.24, 2.45) is 5.84 Å². The topological polar surface area (TPSA) is 68.8 Å². The number of nitrogens with one attached hydrogen (secondary N) is 1. The Hall–Kier alpha value is -1.88. The number of hydrogen-bond donors (Lipinski definition) is 2. The number of aryl methyl sites for hydroxylation is 1. The Morgan fingerprint density at radius 2 is 2.40 bits per heavy atom. The zero-order valence-corrected chi connectivity index (χ0v) is 8.51. The van der Waals surface area contributed by atoms with Crippen molar-refractivity contribution in [3.63, 3.8) is 0 Å². The lowest BCUT2D eigenvalue weighted by Crippen LogP contribution is -2.09. The Morgan fingerprint density at radius 1 is 1.53 bits per heavy atom. The normalized spacial score (nSPS) is 10.3. The third-order valence-electron chi connectivity index (χ3n) is 2.08. The van der Waals surface area contributed by atoms with Gasteiger partial charge in [0.2, 0.25) is 0 Å². The molecule has 0 atom stereocenters. The number of hydrazine groups is 1. The number of nitrogens with zero attached hydrogens (tertiary/aromatic N) is 3. The summed E-state index contributed by atoms with van der Waals surface area (Å²) in [6.45, 7) is 2.74. The highest BCUT2D eigenvalue weighted by Gasteiger charge is 1.98. The third kappa shape index (κ3) is 2.32. The minimum atomic E-state index is 0.663. The van der Waals surface area contributed by atoms with E-state index in [1.165, 1.54) is 0 Å². The maximum atomic E-state index is 5.28. The van der Waals surface area contributed by atoms with Gasteiger partial charge in [-0.05, 0) is 30.2 Å². The molecule has 0 aliphatic rings. The number of rotatable bonds is 3. The quantitative estimate of drug-likeness (QED) is 0.575. The Labute approximate surface area is 87.9 Å². The second-order valence-electron chi connectivity index (χ2n) is 3.41. The minimum absolute atomic E-state index is 0.663. The van der Waals surface area contributed by atoms with Crippen molar-refractivity contribution in [3.8, 4) is 0 Å². The van der Waals surface area contributed by atoms with Crippen LogP contribution in [0.3, 0.4) is 0 Å². The van der Waals surface area contributed by atoms with E-state index in [9.17, 15) is 0 Å². The summed E-state index contributed by atoms with van der Waals surface area (Å²) < 4.78 is 1.88. The van der Waals surface area contributed by atoms with Gasteiger partial charge in [0.1, 0.15) is 5.82 Å². The largest absolute Gasteiger partial charge is 0.308 e. The number of aromatic nitrogens is 3. The first kappa shape index (κ1) is 9.67. The molecule has 0 aliphatic heterocycles. The molecule has 2 heterocycles. The number of nitrogen functional groups attached to an aromatic ring is 1.